The van der Waals surface area contributed by atoms with Crippen molar-refractivity contribution in [3.05, 3.63) is 69.9 Å². The highest BCUT2D eigenvalue weighted by Crippen LogP contribution is 2.48. The van der Waals surface area contributed by atoms with Gasteiger partial charge in [0.15, 0.2) is 0 Å². The van der Waals surface area contributed by atoms with Crippen LogP contribution < -0.4 is 5.32 Å². The van der Waals surface area contributed by atoms with Gasteiger partial charge in [-0.05, 0) is 74.4 Å². The number of carbonyl (C=O) groups is 1. The molecule has 35 heavy (non-hydrogen) atoms. The van der Waals surface area contributed by atoms with Gasteiger partial charge < -0.3 is 15.2 Å². The van der Waals surface area contributed by atoms with Crippen LogP contribution in [0.25, 0.3) is 10.9 Å². The highest BCUT2D eigenvalue weighted by atomic mass is 19.1. The number of nitrogens with one attached hydrogen (secondary N) is 1. The average Bonchev–Trinajstić information content (AvgIpc) is 3.69. The first-order valence-electron chi connectivity index (χ1n) is 11.8. The monoisotopic (exact) mass is 477 g/mol. The fourth-order valence-corrected chi connectivity index (χ4v) is 5.04. The van der Waals surface area contributed by atoms with Crippen molar-refractivity contribution in [1.29, 1.82) is 5.26 Å². The average molecular weight is 478 g/mol. The molecule has 2 fully saturated rings. The van der Waals surface area contributed by atoms with E-state index >= 15 is 0 Å². The summed E-state index contributed by atoms with van der Waals surface area (Å²) in [6.45, 7) is 3.03. The molecule has 180 valence electrons. The summed E-state index contributed by atoms with van der Waals surface area (Å²) in [4.78, 5) is 16.7. The number of aromatic carboxylic acids is 1. The fourth-order valence-electron chi connectivity index (χ4n) is 5.04. The van der Waals surface area contributed by atoms with Crippen molar-refractivity contribution in [3.63, 3.8) is 0 Å². The molecule has 2 N–H and O–H groups in total. The van der Waals surface area contributed by atoms with Crippen molar-refractivity contribution < 1.29 is 23.4 Å². The number of pyridine rings is 1. The van der Waals surface area contributed by atoms with E-state index in [4.69, 9.17) is 9.72 Å². The zero-order valence-electron chi connectivity index (χ0n) is 19.3. The number of nitrogens with zero attached hydrogens (tertiary/aromatic N) is 2. The number of benzene rings is 2. The first-order valence-corrected chi connectivity index (χ1v) is 11.8. The highest BCUT2D eigenvalue weighted by molar-refractivity contribution is 5.94. The van der Waals surface area contributed by atoms with Crippen LogP contribution in [0.3, 0.4) is 0 Å². The summed E-state index contributed by atoms with van der Waals surface area (Å²) in [6, 6.07) is 7.96. The van der Waals surface area contributed by atoms with Crippen LogP contribution in [-0.2, 0) is 4.74 Å². The van der Waals surface area contributed by atoms with Crippen LogP contribution in [0.2, 0.25) is 0 Å². The summed E-state index contributed by atoms with van der Waals surface area (Å²) in [5.41, 5.74) is 3.33. The Morgan fingerprint density at radius 2 is 1.89 bits per heavy atom. The second kappa shape index (κ2) is 9.23. The second-order valence-electron chi connectivity index (χ2n) is 9.31. The van der Waals surface area contributed by atoms with Gasteiger partial charge in [-0.3, -0.25) is 4.98 Å². The maximum Gasteiger partial charge on any atom is 0.337 e. The molecule has 0 spiro atoms. The van der Waals surface area contributed by atoms with E-state index in [1.165, 1.54) is 24.3 Å². The Labute approximate surface area is 201 Å². The lowest BCUT2D eigenvalue weighted by molar-refractivity contribution is 0.0697. The van der Waals surface area contributed by atoms with Crippen LogP contribution in [0, 0.1) is 23.0 Å². The number of rotatable bonds is 6. The quantitative estimate of drug-likeness (QED) is 0.450. The van der Waals surface area contributed by atoms with Gasteiger partial charge in [-0.2, -0.15) is 5.26 Å². The van der Waals surface area contributed by atoms with Crippen molar-refractivity contribution in [2.24, 2.45) is 0 Å². The minimum absolute atomic E-state index is 0.160. The molecule has 1 saturated heterocycles. The Bertz CT molecular complexity index is 1360. The molecule has 5 rings (SSSR count). The van der Waals surface area contributed by atoms with E-state index in [0.717, 1.165) is 43.0 Å². The van der Waals surface area contributed by atoms with E-state index in [0.29, 0.717) is 35.2 Å². The third-order valence-electron chi connectivity index (χ3n) is 6.91. The van der Waals surface area contributed by atoms with Crippen LogP contribution in [0.15, 0.2) is 30.3 Å². The molecular formula is C27H25F2N3O3. The zero-order chi connectivity index (χ0) is 24.7. The van der Waals surface area contributed by atoms with Gasteiger partial charge in [0.25, 0.3) is 0 Å². The second-order valence-corrected chi connectivity index (χ2v) is 9.31. The number of carboxylic acid groups (broad SMARTS) is 1. The predicted molar refractivity (Wildman–Crippen MR) is 127 cm³/mol. The molecule has 0 amide bonds. The molecule has 2 aliphatic rings. The van der Waals surface area contributed by atoms with Gasteiger partial charge in [-0.25, -0.2) is 13.6 Å². The normalized spacial score (nSPS) is 17.2. The molecule has 1 atom stereocenters. The number of ether oxygens (including phenoxy) is 1. The Morgan fingerprint density at radius 3 is 2.54 bits per heavy atom. The maximum atomic E-state index is 14.9. The molecule has 8 heteroatoms. The Balaban J connectivity index is 1.66. The van der Waals surface area contributed by atoms with Gasteiger partial charge >= 0.3 is 5.97 Å². The Hall–Kier alpha value is -3.57. The van der Waals surface area contributed by atoms with Gasteiger partial charge in [0.1, 0.15) is 17.7 Å². The molecule has 1 saturated carbocycles. The number of hydrogen-bond donors (Lipinski definition) is 2. The predicted octanol–water partition coefficient (Wildman–Crippen LogP) is 6.03. The third-order valence-corrected chi connectivity index (χ3v) is 6.91. The molecule has 3 aromatic rings. The highest BCUT2D eigenvalue weighted by Gasteiger charge is 2.34. The van der Waals surface area contributed by atoms with Crippen LogP contribution in [-0.4, -0.2) is 29.3 Å². The number of fused-ring (bicyclic) bond motifs is 1. The van der Waals surface area contributed by atoms with E-state index in [9.17, 15) is 23.9 Å². The summed E-state index contributed by atoms with van der Waals surface area (Å²) >= 11 is 0. The molecule has 1 aliphatic heterocycles. The summed E-state index contributed by atoms with van der Waals surface area (Å²) in [5, 5.41) is 23.2. The van der Waals surface area contributed by atoms with Crippen molar-refractivity contribution in [2.75, 3.05) is 18.5 Å². The lowest BCUT2D eigenvalue weighted by Gasteiger charge is -2.26. The first kappa shape index (κ1) is 23.2. The van der Waals surface area contributed by atoms with Gasteiger partial charge in [0.2, 0.25) is 0 Å². The zero-order valence-corrected chi connectivity index (χ0v) is 19.3. The van der Waals surface area contributed by atoms with Gasteiger partial charge in [-0.1, -0.05) is 0 Å². The smallest absolute Gasteiger partial charge is 0.337 e. The van der Waals surface area contributed by atoms with Crippen LogP contribution in [0.1, 0.15) is 83.2 Å². The topological polar surface area (TPSA) is 95.2 Å². The van der Waals surface area contributed by atoms with Gasteiger partial charge in [0, 0.05) is 41.5 Å². The summed E-state index contributed by atoms with van der Waals surface area (Å²) < 4.78 is 34.0. The lowest BCUT2D eigenvalue weighted by atomic mass is 9.86. The molecule has 0 unspecified atom stereocenters. The van der Waals surface area contributed by atoms with Crippen LogP contribution in [0.5, 0.6) is 0 Å². The molecule has 1 aliphatic carbocycles. The van der Waals surface area contributed by atoms with Gasteiger partial charge in [0.05, 0.1) is 22.7 Å². The third kappa shape index (κ3) is 4.44. The van der Waals surface area contributed by atoms with E-state index in [2.05, 4.69) is 11.4 Å². The number of nitriles is 1. The number of aromatic nitrogens is 1. The number of carboxylic acids is 1. The SMILES string of the molecule is C[C@@H](Nc1ccc(F)cc1C(=O)O)c1cc(F)cc2c(C#N)c(C3CC3)c(C3CCOCC3)nc12. The molecular weight excluding hydrogens is 452 g/mol. The van der Waals surface area contributed by atoms with Crippen molar-refractivity contribution >= 4 is 22.6 Å². The molecule has 2 aromatic carbocycles. The van der Waals surface area contributed by atoms with E-state index in [-0.39, 0.29) is 23.1 Å². The molecule has 2 heterocycles. The van der Waals surface area contributed by atoms with Crippen molar-refractivity contribution in [2.45, 2.75) is 50.5 Å². The number of halogens is 2. The van der Waals surface area contributed by atoms with Crippen molar-refractivity contribution in [3.8, 4) is 6.07 Å². The molecule has 1 aromatic heterocycles. The van der Waals surface area contributed by atoms with E-state index in [1.54, 1.807) is 6.92 Å². The number of anilines is 1. The summed E-state index contributed by atoms with van der Waals surface area (Å²) in [6.07, 6.45) is 3.59. The molecule has 0 bridgehead atoms. The van der Waals surface area contributed by atoms with Crippen LogP contribution in [0.4, 0.5) is 14.5 Å². The number of hydrogen-bond acceptors (Lipinski definition) is 5. The lowest BCUT2D eigenvalue weighted by Crippen LogP contribution is -2.18. The fraction of sp³-hybridized carbons (Fsp3) is 0.370. The minimum Gasteiger partial charge on any atom is -0.478 e. The largest absolute Gasteiger partial charge is 0.478 e. The van der Waals surface area contributed by atoms with Gasteiger partial charge in [-0.15, -0.1) is 0 Å². The summed E-state index contributed by atoms with van der Waals surface area (Å²) in [7, 11) is 0. The standard InChI is InChI=1S/C27H25F2N3O3/c1-14(31-23-5-4-17(28)10-21(23)27(33)34)19-11-18(29)12-20-22(13-30)24(15-2-3-15)25(32-26(19)20)16-6-8-35-9-7-16/h4-5,10-12,14-16,31H,2-3,6-9H2,1H3,(H,33,34)/t14-/m1/s1. The first-order chi connectivity index (χ1) is 16.9. The van der Waals surface area contributed by atoms with E-state index < -0.39 is 23.6 Å². The van der Waals surface area contributed by atoms with Crippen molar-refractivity contribution in [1.82, 2.24) is 4.98 Å². The van der Waals surface area contributed by atoms with Crippen LogP contribution >= 0.6 is 0 Å². The Morgan fingerprint density at radius 1 is 1.14 bits per heavy atom. The van der Waals surface area contributed by atoms with E-state index in [1.807, 2.05) is 0 Å². The maximum absolute atomic E-state index is 14.9. The summed E-state index contributed by atoms with van der Waals surface area (Å²) in [5.74, 6) is -2.01. The Kier molecular flexibility index (Phi) is 6.12. The molecule has 6 nitrogen and oxygen atoms in total. The minimum atomic E-state index is -1.27. The molecule has 0 radical (unpaired) electrons.